The fourth-order valence-electron chi connectivity index (χ4n) is 2.43. The number of benzene rings is 1. The first-order chi connectivity index (χ1) is 11.4. The van der Waals surface area contributed by atoms with Gasteiger partial charge in [-0.2, -0.15) is 5.10 Å². The van der Waals surface area contributed by atoms with Crippen molar-refractivity contribution in [2.45, 2.75) is 27.3 Å². The lowest BCUT2D eigenvalue weighted by molar-refractivity contribution is 0.102. The molecule has 1 N–H and O–H groups in total. The van der Waals surface area contributed by atoms with E-state index >= 15 is 0 Å². The van der Waals surface area contributed by atoms with Crippen molar-refractivity contribution in [3.63, 3.8) is 0 Å². The predicted octanol–water partition coefficient (Wildman–Crippen LogP) is 3.86. The predicted molar refractivity (Wildman–Crippen MR) is 94.1 cm³/mol. The number of rotatable bonds is 4. The lowest BCUT2D eigenvalue weighted by atomic mass is 10.1. The zero-order valence-electron chi connectivity index (χ0n) is 13.6. The summed E-state index contributed by atoms with van der Waals surface area (Å²) in [6, 6.07) is 9.13. The highest BCUT2D eigenvalue weighted by atomic mass is 79.9. The molecule has 0 unspecified atom stereocenters. The molecule has 0 atom stereocenters. The molecule has 0 radical (unpaired) electrons. The topological polar surface area (TPSA) is 73.0 Å². The maximum absolute atomic E-state index is 12.3. The number of nitrogens with zero attached hydrogens (tertiary/aromatic N) is 3. The van der Waals surface area contributed by atoms with E-state index in [0.717, 1.165) is 21.4 Å². The van der Waals surface area contributed by atoms with Gasteiger partial charge in [0.25, 0.3) is 5.91 Å². The van der Waals surface area contributed by atoms with Crippen LogP contribution in [0.3, 0.4) is 0 Å². The van der Waals surface area contributed by atoms with Gasteiger partial charge in [-0.25, -0.2) is 0 Å². The molecule has 2 heterocycles. The molecule has 124 valence electrons. The van der Waals surface area contributed by atoms with Crippen LogP contribution >= 0.6 is 15.9 Å². The molecule has 0 aliphatic rings. The van der Waals surface area contributed by atoms with Crippen molar-refractivity contribution in [2.24, 2.45) is 0 Å². The minimum absolute atomic E-state index is 0.223. The van der Waals surface area contributed by atoms with Gasteiger partial charge >= 0.3 is 0 Å². The van der Waals surface area contributed by atoms with Gasteiger partial charge in [0.05, 0.1) is 22.4 Å². The van der Waals surface area contributed by atoms with Crippen molar-refractivity contribution in [1.29, 1.82) is 0 Å². The van der Waals surface area contributed by atoms with Gasteiger partial charge in [0.1, 0.15) is 5.76 Å². The van der Waals surface area contributed by atoms with Gasteiger partial charge < -0.3 is 9.84 Å². The molecule has 24 heavy (non-hydrogen) atoms. The summed E-state index contributed by atoms with van der Waals surface area (Å²) in [7, 11) is 0. The minimum Gasteiger partial charge on any atom is -0.360 e. The second kappa shape index (κ2) is 6.60. The Morgan fingerprint density at radius 1 is 1.29 bits per heavy atom. The Morgan fingerprint density at radius 2 is 2.08 bits per heavy atom. The molecular weight excluding hydrogens is 372 g/mol. The van der Waals surface area contributed by atoms with E-state index in [9.17, 15) is 4.79 Å². The molecule has 7 heteroatoms. The average molecular weight is 389 g/mol. The van der Waals surface area contributed by atoms with Gasteiger partial charge in [0.15, 0.2) is 5.82 Å². The molecule has 0 saturated heterocycles. The number of carbonyl (C=O) groups is 1. The van der Waals surface area contributed by atoms with Gasteiger partial charge in [0.2, 0.25) is 0 Å². The van der Waals surface area contributed by atoms with Crippen LogP contribution in [-0.2, 0) is 6.54 Å². The number of aryl methyl sites for hydroxylation is 2. The first kappa shape index (κ1) is 16.4. The molecule has 0 saturated carbocycles. The Labute approximate surface area is 148 Å². The summed E-state index contributed by atoms with van der Waals surface area (Å²) in [5, 5.41) is 11.0. The van der Waals surface area contributed by atoms with Crippen molar-refractivity contribution in [1.82, 2.24) is 14.9 Å². The summed E-state index contributed by atoms with van der Waals surface area (Å²) in [6.45, 7) is 6.34. The van der Waals surface area contributed by atoms with Crippen molar-refractivity contribution in [2.75, 3.05) is 5.32 Å². The van der Waals surface area contributed by atoms with E-state index in [0.29, 0.717) is 23.7 Å². The second-order valence-electron chi connectivity index (χ2n) is 5.62. The first-order valence-corrected chi connectivity index (χ1v) is 8.26. The van der Waals surface area contributed by atoms with Crippen LogP contribution in [0.5, 0.6) is 0 Å². The molecule has 6 nitrogen and oxygen atoms in total. The molecule has 0 spiro atoms. The Bertz CT molecular complexity index is 898. The molecule has 0 fully saturated rings. The van der Waals surface area contributed by atoms with Gasteiger partial charge in [0, 0.05) is 11.6 Å². The highest BCUT2D eigenvalue weighted by Gasteiger charge is 2.12. The molecular formula is C17H17BrN4O2. The maximum Gasteiger partial charge on any atom is 0.256 e. The molecule has 1 amide bonds. The number of nitrogens with one attached hydrogen (secondary N) is 1. The standard InChI is InChI=1S/C17H17BrN4O2/c1-10-7-15(21-24-10)19-17(23)14-6-4-5-13(8-14)9-22-12(3)16(18)11(2)20-22/h4-8H,9H2,1-3H3,(H,19,21,23). The SMILES string of the molecule is Cc1cc(NC(=O)c2cccc(Cn3nc(C)c(Br)c3C)c2)no1. The Balaban J connectivity index is 1.78. The Hall–Kier alpha value is -2.41. The van der Waals surface area contributed by atoms with E-state index in [4.69, 9.17) is 4.52 Å². The number of halogens is 1. The maximum atomic E-state index is 12.3. The lowest BCUT2D eigenvalue weighted by Gasteiger charge is -2.07. The zero-order valence-corrected chi connectivity index (χ0v) is 15.2. The highest BCUT2D eigenvalue weighted by Crippen LogP contribution is 2.21. The van der Waals surface area contributed by atoms with E-state index in [2.05, 4.69) is 31.5 Å². The summed E-state index contributed by atoms with van der Waals surface area (Å²) >= 11 is 3.53. The van der Waals surface area contributed by atoms with Crippen LogP contribution in [0, 0.1) is 20.8 Å². The smallest absolute Gasteiger partial charge is 0.256 e. The minimum atomic E-state index is -0.223. The van der Waals surface area contributed by atoms with E-state index in [-0.39, 0.29) is 5.91 Å². The molecule has 0 aliphatic heterocycles. The second-order valence-corrected chi connectivity index (χ2v) is 6.41. The van der Waals surface area contributed by atoms with Crippen LogP contribution in [0.2, 0.25) is 0 Å². The highest BCUT2D eigenvalue weighted by molar-refractivity contribution is 9.10. The van der Waals surface area contributed by atoms with Crippen LogP contribution in [0.15, 0.2) is 39.3 Å². The molecule has 0 bridgehead atoms. The zero-order chi connectivity index (χ0) is 17.3. The lowest BCUT2D eigenvalue weighted by Crippen LogP contribution is -2.13. The average Bonchev–Trinajstić information content (AvgIpc) is 3.07. The molecule has 2 aromatic heterocycles. The van der Waals surface area contributed by atoms with Crippen LogP contribution in [0.1, 0.15) is 33.1 Å². The third-order valence-corrected chi connectivity index (χ3v) is 4.83. The van der Waals surface area contributed by atoms with Crippen molar-refractivity contribution in [3.8, 4) is 0 Å². The van der Waals surface area contributed by atoms with Crippen molar-refractivity contribution < 1.29 is 9.32 Å². The monoisotopic (exact) mass is 388 g/mol. The summed E-state index contributed by atoms with van der Waals surface area (Å²) in [6.07, 6.45) is 0. The largest absolute Gasteiger partial charge is 0.360 e. The van der Waals surface area contributed by atoms with Crippen LogP contribution in [-0.4, -0.2) is 20.8 Å². The Morgan fingerprint density at radius 3 is 2.71 bits per heavy atom. The van der Waals surface area contributed by atoms with Gasteiger partial charge in [-0.3, -0.25) is 9.48 Å². The number of aromatic nitrogens is 3. The van der Waals surface area contributed by atoms with Gasteiger partial charge in [-0.1, -0.05) is 17.3 Å². The number of carbonyl (C=O) groups excluding carboxylic acids is 1. The molecule has 1 aromatic carbocycles. The van der Waals surface area contributed by atoms with E-state index in [1.165, 1.54) is 0 Å². The fourth-order valence-corrected chi connectivity index (χ4v) is 2.71. The fraction of sp³-hybridized carbons (Fsp3) is 0.235. The third kappa shape index (κ3) is 3.41. The van der Waals surface area contributed by atoms with Crippen LogP contribution in [0.25, 0.3) is 0 Å². The summed E-state index contributed by atoms with van der Waals surface area (Å²) in [5.41, 5.74) is 3.56. The number of amides is 1. The van der Waals surface area contributed by atoms with Gasteiger partial charge in [-0.05, 0) is 54.4 Å². The van der Waals surface area contributed by atoms with Crippen molar-refractivity contribution >= 4 is 27.7 Å². The number of anilines is 1. The summed E-state index contributed by atoms with van der Waals surface area (Å²) < 4.78 is 7.88. The van der Waals surface area contributed by atoms with Crippen molar-refractivity contribution in [3.05, 3.63) is 63.1 Å². The molecule has 3 aromatic rings. The van der Waals surface area contributed by atoms with Gasteiger partial charge in [-0.15, -0.1) is 0 Å². The normalized spacial score (nSPS) is 10.8. The van der Waals surface area contributed by atoms with Crippen LogP contribution in [0.4, 0.5) is 5.82 Å². The molecule has 0 aliphatic carbocycles. The Kier molecular flexibility index (Phi) is 4.53. The quantitative estimate of drug-likeness (QED) is 0.736. The molecule has 3 rings (SSSR count). The third-order valence-electron chi connectivity index (χ3n) is 3.68. The first-order valence-electron chi connectivity index (χ1n) is 7.47. The van der Waals surface area contributed by atoms with E-state index in [1.807, 2.05) is 36.7 Å². The van der Waals surface area contributed by atoms with Crippen LogP contribution < -0.4 is 5.32 Å². The van der Waals surface area contributed by atoms with E-state index in [1.54, 1.807) is 19.1 Å². The number of hydrogen-bond donors (Lipinski definition) is 1. The number of hydrogen-bond acceptors (Lipinski definition) is 4. The van der Waals surface area contributed by atoms with E-state index < -0.39 is 0 Å². The summed E-state index contributed by atoms with van der Waals surface area (Å²) in [5.74, 6) is 0.833. The summed E-state index contributed by atoms with van der Waals surface area (Å²) in [4.78, 5) is 12.3.